The van der Waals surface area contributed by atoms with Gasteiger partial charge in [-0.2, -0.15) is 0 Å². The lowest BCUT2D eigenvalue weighted by atomic mass is 10.1. The monoisotopic (exact) mass is 283 g/mol. The van der Waals surface area contributed by atoms with Crippen LogP contribution in [0.3, 0.4) is 0 Å². The Hall–Kier alpha value is -1.80. The van der Waals surface area contributed by atoms with Crippen LogP contribution < -0.4 is 10.1 Å². The van der Waals surface area contributed by atoms with E-state index in [1.807, 2.05) is 18.2 Å². The van der Waals surface area contributed by atoms with Crippen molar-refractivity contribution in [3.8, 4) is 5.75 Å². The fourth-order valence-corrected chi connectivity index (χ4v) is 2.17. The number of nitrogens with one attached hydrogen (secondary N) is 1. The first-order valence-electron chi connectivity index (χ1n) is 7.66. The highest BCUT2D eigenvalue weighted by Gasteiger charge is 2.07. The number of ether oxygens (including phenoxy) is 1. The molecular formula is C19H25NO. The minimum absolute atomic E-state index is 0.323. The molecule has 0 spiro atoms. The van der Waals surface area contributed by atoms with Crippen LogP contribution in [0.25, 0.3) is 0 Å². The highest BCUT2D eigenvalue weighted by Crippen LogP contribution is 2.20. The van der Waals surface area contributed by atoms with Crippen LogP contribution in [0.4, 0.5) is 0 Å². The van der Waals surface area contributed by atoms with Crippen molar-refractivity contribution >= 4 is 0 Å². The Morgan fingerprint density at radius 2 is 1.57 bits per heavy atom. The van der Waals surface area contributed by atoms with Crippen molar-refractivity contribution in [2.75, 3.05) is 6.61 Å². The molecule has 1 atom stereocenters. The minimum atomic E-state index is 0.323. The zero-order chi connectivity index (χ0) is 15.1. The standard InChI is InChI=1S/C19H25NO/c1-15(2)14-21-19-12-8-7-11-18(19)13-20-16(3)17-9-5-4-6-10-17/h4-12,15-16,20H,13-14H2,1-3H3/t16-/m1/s1. The van der Waals surface area contributed by atoms with Gasteiger partial charge in [-0.15, -0.1) is 0 Å². The molecule has 0 amide bonds. The molecule has 0 aromatic heterocycles. The lowest BCUT2D eigenvalue weighted by molar-refractivity contribution is 0.268. The molecule has 2 aromatic rings. The Kier molecular flexibility index (Phi) is 5.82. The lowest BCUT2D eigenvalue weighted by Gasteiger charge is -2.17. The maximum absolute atomic E-state index is 5.90. The number of hydrogen-bond donors (Lipinski definition) is 1. The fourth-order valence-electron chi connectivity index (χ4n) is 2.17. The van der Waals surface area contributed by atoms with E-state index in [1.165, 1.54) is 11.1 Å². The van der Waals surface area contributed by atoms with Crippen molar-refractivity contribution in [2.24, 2.45) is 5.92 Å². The van der Waals surface area contributed by atoms with Gasteiger partial charge < -0.3 is 10.1 Å². The quantitative estimate of drug-likeness (QED) is 0.803. The number of hydrogen-bond acceptors (Lipinski definition) is 2. The van der Waals surface area contributed by atoms with Crippen LogP contribution in [-0.4, -0.2) is 6.61 Å². The number of rotatable bonds is 7. The van der Waals surface area contributed by atoms with Gasteiger partial charge in [0.25, 0.3) is 0 Å². The Bertz CT molecular complexity index is 536. The van der Waals surface area contributed by atoms with Gasteiger partial charge in [0, 0.05) is 18.2 Å². The summed E-state index contributed by atoms with van der Waals surface area (Å²) in [6, 6.07) is 19.1. The predicted molar refractivity (Wildman–Crippen MR) is 88.5 cm³/mol. The molecule has 0 saturated carbocycles. The summed E-state index contributed by atoms with van der Waals surface area (Å²) in [6.07, 6.45) is 0. The molecule has 0 saturated heterocycles. The number of benzene rings is 2. The molecule has 0 aliphatic heterocycles. The molecule has 112 valence electrons. The summed E-state index contributed by atoms with van der Waals surface area (Å²) in [6.45, 7) is 8.08. The summed E-state index contributed by atoms with van der Waals surface area (Å²) in [4.78, 5) is 0. The number of para-hydroxylation sites is 1. The smallest absolute Gasteiger partial charge is 0.123 e. The van der Waals surface area contributed by atoms with Crippen LogP contribution in [0.15, 0.2) is 54.6 Å². The van der Waals surface area contributed by atoms with Gasteiger partial charge in [-0.1, -0.05) is 62.4 Å². The maximum atomic E-state index is 5.90. The third-order valence-corrected chi connectivity index (χ3v) is 3.44. The van der Waals surface area contributed by atoms with E-state index in [4.69, 9.17) is 4.74 Å². The summed E-state index contributed by atoms with van der Waals surface area (Å²) >= 11 is 0. The topological polar surface area (TPSA) is 21.3 Å². The van der Waals surface area contributed by atoms with Gasteiger partial charge in [0.1, 0.15) is 5.75 Å². The van der Waals surface area contributed by atoms with Crippen molar-refractivity contribution in [2.45, 2.75) is 33.4 Å². The van der Waals surface area contributed by atoms with Gasteiger partial charge in [-0.25, -0.2) is 0 Å². The van der Waals surface area contributed by atoms with Gasteiger partial charge in [-0.3, -0.25) is 0 Å². The first-order chi connectivity index (χ1) is 10.2. The SMILES string of the molecule is CC(C)COc1ccccc1CN[C@H](C)c1ccccc1. The van der Waals surface area contributed by atoms with Crippen LogP contribution >= 0.6 is 0 Å². The zero-order valence-corrected chi connectivity index (χ0v) is 13.2. The van der Waals surface area contributed by atoms with Crippen LogP contribution in [0.5, 0.6) is 5.75 Å². The molecule has 2 heteroatoms. The van der Waals surface area contributed by atoms with E-state index in [0.717, 1.165) is 18.9 Å². The van der Waals surface area contributed by atoms with Crippen molar-refractivity contribution < 1.29 is 4.74 Å². The Morgan fingerprint density at radius 1 is 0.905 bits per heavy atom. The average Bonchev–Trinajstić information content (AvgIpc) is 2.52. The highest BCUT2D eigenvalue weighted by molar-refractivity contribution is 5.33. The maximum Gasteiger partial charge on any atom is 0.123 e. The summed E-state index contributed by atoms with van der Waals surface area (Å²) < 4.78 is 5.90. The van der Waals surface area contributed by atoms with E-state index < -0.39 is 0 Å². The molecule has 2 rings (SSSR count). The first kappa shape index (κ1) is 15.6. The van der Waals surface area contributed by atoms with E-state index >= 15 is 0 Å². The van der Waals surface area contributed by atoms with Gasteiger partial charge in [0.05, 0.1) is 6.61 Å². The van der Waals surface area contributed by atoms with E-state index in [0.29, 0.717) is 12.0 Å². The minimum Gasteiger partial charge on any atom is -0.493 e. The second-order valence-corrected chi connectivity index (χ2v) is 5.83. The lowest BCUT2D eigenvalue weighted by Crippen LogP contribution is -2.18. The third-order valence-electron chi connectivity index (χ3n) is 3.44. The van der Waals surface area contributed by atoms with Crippen LogP contribution in [0.1, 0.15) is 37.9 Å². The summed E-state index contributed by atoms with van der Waals surface area (Å²) in [5, 5.41) is 3.56. The van der Waals surface area contributed by atoms with E-state index in [2.05, 4.69) is 62.5 Å². The molecule has 0 heterocycles. The molecule has 0 radical (unpaired) electrons. The second kappa shape index (κ2) is 7.84. The Labute approximate surface area is 128 Å². The van der Waals surface area contributed by atoms with E-state index in [9.17, 15) is 0 Å². The van der Waals surface area contributed by atoms with E-state index in [-0.39, 0.29) is 0 Å². The van der Waals surface area contributed by atoms with E-state index in [1.54, 1.807) is 0 Å². The van der Waals surface area contributed by atoms with Crippen molar-refractivity contribution in [1.29, 1.82) is 0 Å². The van der Waals surface area contributed by atoms with Crippen LogP contribution in [-0.2, 0) is 6.54 Å². The summed E-state index contributed by atoms with van der Waals surface area (Å²) in [7, 11) is 0. The van der Waals surface area contributed by atoms with Gasteiger partial charge in [0.15, 0.2) is 0 Å². The van der Waals surface area contributed by atoms with Crippen LogP contribution in [0, 0.1) is 5.92 Å². The molecule has 0 bridgehead atoms. The largest absolute Gasteiger partial charge is 0.493 e. The molecule has 0 aliphatic rings. The summed E-state index contributed by atoms with van der Waals surface area (Å²) in [5.41, 5.74) is 2.51. The van der Waals surface area contributed by atoms with Crippen molar-refractivity contribution in [3.63, 3.8) is 0 Å². The molecule has 0 aliphatic carbocycles. The third kappa shape index (κ3) is 4.91. The summed E-state index contributed by atoms with van der Waals surface area (Å²) in [5.74, 6) is 1.52. The van der Waals surface area contributed by atoms with Crippen molar-refractivity contribution in [3.05, 3.63) is 65.7 Å². The Morgan fingerprint density at radius 3 is 2.29 bits per heavy atom. The van der Waals surface area contributed by atoms with Crippen molar-refractivity contribution in [1.82, 2.24) is 5.32 Å². The molecule has 2 aromatic carbocycles. The first-order valence-corrected chi connectivity index (χ1v) is 7.66. The highest BCUT2D eigenvalue weighted by atomic mass is 16.5. The zero-order valence-electron chi connectivity index (χ0n) is 13.2. The predicted octanol–water partition coefficient (Wildman–Crippen LogP) is 4.57. The average molecular weight is 283 g/mol. The molecule has 1 N–H and O–H groups in total. The fraction of sp³-hybridized carbons (Fsp3) is 0.368. The molecular weight excluding hydrogens is 258 g/mol. The second-order valence-electron chi connectivity index (χ2n) is 5.83. The normalized spacial score (nSPS) is 12.4. The Balaban J connectivity index is 1.96. The molecule has 0 unspecified atom stereocenters. The van der Waals surface area contributed by atoms with Gasteiger partial charge >= 0.3 is 0 Å². The molecule has 21 heavy (non-hydrogen) atoms. The van der Waals surface area contributed by atoms with Crippen LogP contribution in [0.2, 0.25) is 0 Å². The van der Waals surface area contributed by atoms with Gasteiger partial charge in [-0.05, 0) is 24.5 Å². The van der Waals surface area contributed by atoms with Gasteiger partial charge in [0.2, 0.25) is 0 Å². The molecule has 2 nitrogen and oxygen atoms in total. The molecule has 0 fully saturated rings.